The van der Waals surface area contributed by atoms with Gasteiger partial charge < -0.3 is 15.2 Å². The molecule has 2 rings (SSSR count). The van der Waals surface area contributed by atoms with Crippen LogP contribution in [0, 0.1) is 6.92 Å². The van der Waals surface area contributed by atoms with Crippen molar-refractivity contribution in [2.75, 3.05) is 11.9 Å². The molecule has 0 aliphatic carbocycles. The fraction of sp³-hybridized carbons (Fsp3) is 0.278. The van der Waals surface area contributed by atoms with Crippen molar-refractivity contribution in [3.8, 4) is 5.75 Å². The van der Waals surface area contributed by atoms with Gasteiger partial charge in [0.25, 0.3) is 0 Å². The first-order valence-corrected chi connectivity index (χ1v) is 9.19. The number of rotatable bonds is 7. The molecule has 2 N–H and O–H groups in total. The second-order valence-corrected chi connectivity index (χ2v) is 7.18. The van der Waals surface area contributed by atoms with Crippen molar-refractivity contribution in [1.82, 2.24) is 0 Å². The first-order chi connectivity index (χ1) is 11.4. The molecule has 24 heavy (non-hydrogen) atoms. The van der Waals surface area contributed by atoms with Gasteiger partial charge in [-0.2, -0.15) is 0 Å². The van der Waals surface area contributed by atoms with E-state index in [9.17, 15) is 4.79 Å². The number of carboxylic acids is 1. The predicted molar refractivity (Wildman–Crippen MR) is 103 cm³/mol. The maximum absolute atomic E-state index is 11.0. The van der Waals surface area contributed by atoms with Crippen molar-refractivity contribution >= 4 is 43.5 Å². The summed E-state index contributed by atoms with van der Waals surface area (Å²) >= 11 is 7.05. The van der Waals surface area contributed by atoms with Gasteiger partial charge in [-0.1, -0.05) is 22.9 Å². The minimum absolute atomic E-state index is 0.287. The Balaban J connectivity index is 2.21. The number of aryl methyl sites for hydroxylation is 1. The molecule has 0 bridgehead atoms. The van der Waals surface area contributed by atoms with E-state index < -0.39 is 5.97 Å². The summed E-state index contributed by atoms with van der Waals surface area (Å²) in [5.74, 6) is -0.0943. The number of anilines is 1. The van der Waals surface area contributed by atoms with Crippen molar-refractivity contribution in [3.05, 3.63) is 56.0 Å². The van der Waals surface area contributed by atoms with E-state index >= 15 is 0 Å². The van der Waals surface area contributed by atoms with E-state index in [1.165, 1.54) is 0 Å². The average molecular weight is 457 g/mol. The Labute approximate surface area is 158 Å². The van der Waals surface area contributed by atoms with Crippen LogP contribution in [0.2, 0.25) is 0 Å². The number of carbonyl (C=O) groups is 1. The lowest BCUT2D eigenvalue weighted by Crippen LogP contribution is -2.06. The van der Waals surface area contributed by atoms with Gasteiger partial charge in [0.05, 0.1) is 16.6 Å². The second-order valence-electron chi connectivity index (χ2n) is 5.41. The molecule has 128 valence electrons. The van der Waals surface area contributed by atoms with Gasteiger partial charge in [-0.05, 0) is 65.2 Å². The lowest BCUT2D eigenvalue weighted by molar-refractivity contribution is 0.0697. The van der Waals surface area contributed by atoms with Crippen LogP contribution in [0.5, 0.6) is 5.75 Å². The monoisotopic (exact) mass is 455 g/mol. The van der Waals surface area contributed by atoms with E-state index in [4.69, 9.17) is 9.84 Å². The summed E-state index contributed by atoms with van der Waals surface area (Å²) in [4.78, 5) is 11.0. The summed E-state index contributed by atoms with van der Waals surface area (Å²) in [7, 11) is 0. The number of nitrogens with one attached hydrogen (secondary N) is 1. The second kappa shape index (κ2) is 8.53. The molecular formula is C18H19Br2NO3. The number of ether oxygens (including phenoxy) is 1. The summed E-state index contributed by atoms with van der Waals surface area (Å²) in [6.07, 6.45) is 0.936. The third-order valence-corrected chi connectivity index (χ3v) is 4.53. The molecule has 0 aromatic heterocycles. The van der Waals surface area contributed by atoms with Crippen LogP contribution >= 0.6 is 31.9 Å². The SMILES string of the molecule is CCCOc1c(Br)cc(Br)cc1CNc1ccc(C(=O)O)cc1C. The molecule has 2 aromatic rings. The quantitative estimate of drug-likeness (QED) is 0.567. The zero-order chi connectivity index (χ0) is 17.7. The van der Waals surface area contributed by atoms with E-state index in [0.717, 1.165) is 37.9 Å². The average Bonchev–Trinajstić information content (AvgIpc) is 2.52. The molecular weight excluding hydrogens is 438 g/mol. The fourth-order valence-corrected chi connectivity index (χ4v) is 3.72. The Morgan fingerprint density at radius 3 is 2.62 bits per heavy atom. The Hall–Kier alpha value is -1.53. The minimum atomic E-state index is -0.921. The molecule has 4 nitrogen and oxygen atoms in total. The molecule has 0 radical (unpaired) electrons. The van der Waals surface area contributed by atoms with Crippen LogP contribution in [0.3, 0.4) is 0 Å². The van der Waals surface area contributed by atoms with Crippen LogP contribution in [0.1, 0.15) is 34.8 Å². The van der Waals surface area contributed by atoms with Crippen LogP contribution in [-0.2, 0) is 6.54 Å². The third-order valence-electron chi connectivity index (χ3n) is 3.48. The highest BCUT2D eigenvalue weighted by Crippen LogP contribution is 2.33. The largest absolute Gasteiger partial charge is 0.492 e. The highest BCUT2D eigenvalue weighted by Gasteiger charge is 2.11. The Morgan fingerprint density at radius 2 is 2.00 bits per heavy atom. The first kappa shape index (κ1) is 18.8. The zero-order valence-corrected chi connectivity index (χ0v) is 16.7. The van der Waals surface area contributed by atoms with Crippen LogP contribution < -0.4 is 10.1 Å². The summed E-state index contributed by atoms with van der Waals surface area (Å²) in [5, 5.41) is 12.4. The molecule has 0 fully saturated rings. The Morgan fingerprint density at radius 1 is 1.25 bits per heavy atom. The molecule has 0 unspecified atom stereocenters. The van der Waals surface area contributed by atoms with Gasteiger partial charge in [-0.15, -0.1) is 0 Å². The smallest absolute Gasteiger partial charge is 0.335 e. The topological polar surface area (TPSA) is 58.6 Å². The number of benzene rings is 2. The van der Waals surface area contributed by atoms with E-state index in [2.05, 4.69) is 44.1 Å². The lowest BCUT2D eigenvalue weighted by Gasteiger charge is -2.16. The van der Waals surface area contributed by atoms with Gasteiger partial charge in [0, 0.05) is 22.3 Å². The maximum atomic E-state index is 11.0. The first-order valence-electron chi connectivity index (χ1n) is 7.61. The minimum Gasteiger partial charge on any atom is -0.492 e. The third kappa shape index (κ3) is 4.74. The van der Waals surface area contributed by atoms with Gasteiger partial charge in [0.1, 0.15) is 5.75 Å². The van der Waals surface area contributed by atoms with E-state index in [1.54, 1.807) is 18.2 Å². The molecule has 2 aromatic carbocycles. The zero-order valence-electron chi connectivity index (χ0n) is 13.5. The number of aromatic carboxylic acids is 1. The molecule has 0 spiro atoms. The number of hydrogen-bond donors (Lipinski definition) is 2. The van der Waals surface area contributed by atoms with Crippen LogP contribution in [-0.4, -0.2) is 17.7 Å². The molecule has 0 saturated heterocycles. The summed E-state index contributed by atoms with van der Waals surface area (Å²) in [6.45, 7) is 5.18. The van der Waals surface area contributed by atoms with Crippen molar-refractivity contribution in [2.24, 2.45) is 0 Å². The molecule has 6 heteroatoms. The van der Waals surface area contributed by atoms with Crippen molar-refractivity contribution in [3.63, 3.8) is 0 Å². The van der Waals surface area contributed by atoms with Gasteiger partial charge >= 0.3 is 5.97 Å². The molecule has 0 aliphatic heterocycles. The van der Waals surface area contributed by atoms with E-state index in [0.29, 0.717) is 13.2 Å². The number of carboxylic acid groups (broad SMARTS) is 1. The van der Waals surface area contributed by atoms with Gasteiger partial charge in [-0.3, -0.25) is 0 Å². The van der Waals surface area contributed by atoms with E-state index in [1.807, 2.05) is 19.1 Å². The van der Waals surface area contributed by atoms with Gasteiger partial charge in [0.15, 0.2) is 0 Å². The highest BCUT2D eigenvalue weighted by atomic mass is 79.9. The molecule has 0 saturated carbocycles. The number of halogens is 2. The van der Waals surface area contributed by atoms with Crippen LogP contribution in [0.4, 0.5) is 5.69 Å². The Kier molecular flexibility index (Phi) is 6.69. The normalized spacial score (nSPS) is 10.5. The van der Waals surface area contributed by atoms with Crippen LogP contribution in [0.15, 0.2) is 39.3 Å². The fourth-order valence-electron chi connectivity index (χ4n) is 2.30. The number of hydrogen-bond acceptors (Lipinski definition) is 3. The highest BCUT2D eigenvalue weighted by molar-refractivity contribution is 9.11. The molecule has 0 aliphatic rings. The van der Waals surface area contributed by atoms with E-state index in [-0.39, 0.29) is 5.56 Å². The van der Waals surface area contributed by atoms with Crippen molar-refractivity contribution in [1.29, 1.82) is 0 Å². The summed E-state index contributed by atoms with van der Waals surface area (Å²) in [5.41, 5.74) is 3.10. The molecule has 0 atom stereocenters. The molecule has 0 heterocycles. The van der Waals surface area contributed by atoms with Crippen molar-refractivity contribution in [2.45, 2.75) is 26.8 Å². The lowest BCUT2D eigenvalue weighted by atomic mass is 10.1. The predicted octanol–water partition coefficient (Wildman–Crippen LogP) is 5.62. The van der Waals surface area contributed by atoms with Gasteiger partial charge in [-0.25, -0.2) is 4.79 Å². The summed E-state index contributed by atoms with van der Waals surface area (Å²) in [6, 6.07) is 9.03. The standard InChI is InChI=1S/C18H19Br2NO3/c1-3-6-24-17-13(8-14(19)9-15(17)20)10-21-16-5-4-12(18(22)23)7-11(16)2/h4-5,7-9,21H,3,6,10H2,1-2H3,(H,22,23). The maximum Gasteiger partial charge on any atom is 0.335 e. The Bertz CT molecular complexity index is 747. The molecule has 0 amide bonds. The van der Waals surface area contributed by atoms with Crippen LogP contribution in [0.25, 0.3) is 0 Å². The van der Waals surface area contributed by atoms with Crippen molar-refractivity contribution < 1.29 is 14.6 Å². The van der Waals surface area contributed by atoms with Gasteiger partial charge in [0.2, 0.25) is 0 Å². The summed E-state index contributed by atoms with van der Waals surface area (Å²) < 4.78 is 7.72.